The van der Waals surface area contributed by atoms with Gasteiger partial charge in [-0.15, -0.1) is 0 Å². The quantitative estimate of drug-likeness (QED) is 0.894. The Morgan fingerprint density at radius 1 is 1.42 bits per heavy atom. The third kappa shape index (κ3) is 3.28. The lowest BCUT2D eigenvalue weighted by Gasteiger charge is -2.19. The van der Waals surface area contributed by atoms with E-state index in [-0.39, 0.29) is 16.9 Å². The van der Waals surface area contributed by atoms with Crippen molar-refractivity contribution in [3.63, 3.8) is 0 Å². The lowest BCUT2D eigenvalue weighted by atomic mass is 10.1. The molecule has 1 fully saturated rings. The number of aryl methyl sites for hydroxylation is 1. The van der Waals surface area contributed by atoms with Crippen molar-refractivity contribution >= 4 is 21.6 Å². The van der Waals surface area contributed by atoms with Gasteiger partial charge in [0.15, 0.2) is 0 Å². The van der Waals surface area contributed by atoms with Gasteiger partial charge in [0.1, 0.15) is 0 Å². The summed E-state index contributed by atoms with van der Waals surface area (Å²) in [4.78, 5) is 0.214. The summed E-state index contributed by atoms with van der Waals surface area (Å²) in [6, 6.07) is 4.73. The van der Waals surface area contributed by atoms with Gasteiger partial charge in [-0.25, -0.2) is 13.1 Å². The van der Waals surface area contributed by atoms with E-state index >= 15 is 0 Å². The van der Waals surface area contributed by atoms with Crippen molar-refractivity contribution in [2.75, 3.05) is 6.54 Å². The molecule has 0 aliphatic heterocycles. The van der Waals surface area contributed by atoms with Gasteiger partial charge in [0, 0.05) is 11.1 Å². The molecule has 0 bridgehead atoms. The molecule has 1 aliphatic carbocycles. The highest BCUT2D eigenvalue weighted by molar-refractivity contribution is 7.89. The summed E-state index contributed by atoms with van der Waals surface area (Å²) >= 11 is 5.98. The second kappa shape index (κ2) is 5.79. The summed E-state index contributed by atoms with van der Waals surface area (Å²) < 4.78 is 27.4. The normalized spacial score (nSPS) is 23.7. The minimum absolute atomic E-state index is 0.0601. The third-order valence-electron chi connectivity index (χ3n) is 3.72. The van der Waals surface area contributed by atoms with E-state index < -0.39 is 10.0 Å². The zero-order valence-corrected chi connectivity index (χ0v) is 12.5. The van der Waals surface area contributed by atoms with Crippen LogP contribution in [0.3, 0.4) is 0 Å². The van der Waals surface area contributed by atoms with Gasteiger partial charge < -0.3 is 5.73 Å². The number of hydrogen-bond acceptors (Lipinski definition) is 3. The Morgan fingerprint density at radius 2 is 2.16 bits per heavy atom. The van der Waals surface area contributed by atoms with Crippen LogP contribution in [0.15, 0.2) is 23.1 Å². The monoisotopic (exact) mass is 302 g/mol. The van der Waals surface area contributed by atoms with Crippen molar-refractivity contribution in [3.05, 3.63) is 28.8 Å². The largest absolute Gasteiger partial charge is 0.330 e. The topological polar surface area (TPSA) is 72.2 Å². The predicted octanol–water partition coefficient (Wildman–Crippen LogP) is 2.05. The number of halogens is 1. The van der Waals surface area contributed by atoms with Crippen molar-refractivity contribution in [1.82, 2.24) is 4.72 Å². The summed E-state index contributed by atoms with van der Waals surface area (Å²) in [7, 11) is -3.52. The summed E-state index contributed by atoms with van der Waals surface area (Å²) in [6.07, 6.45) is 2.85. The number of benzene rings is 1. The molecule has 106 valence electrons. The smallest absolute Gasteiger partial charge is 0.240 e. The first-order valence-corrected chi connectivity index (χ1v) is 8.28. The number of rotatable bonds is 4. The molecular formula is C13H19ClN2O2S. The molecule has 1 aromatic rings. The van der Waals surface area contributed by atoms with Crippen LogP contribution in [-0.2, 0) is 10.0 Å². The van der Waals surface area contributed by atoms with Gasteiger partial charge in [0.05, 0.1) is 4.90 Å². The molecule has 2 rings (SSSR count). The fraction of sp³-hybridized carbons (Fsp3) is 0.538. The second-order valence-corrected chi connectivity index (χ2v) is 7.19. The maximum atomic E-state index is 12.3. The molecular weight excluding hydrogens is 284 g/mol. The molecule has 1 aliphatic rings. The summed E-state index contributed by atoms with van der Waals surface area (Å²) in [5, 5.41) is 0.463. The van der Waals surface area contributed by atoms with Gasteiger partial charge in [-0.3, -0.25) is 0 Å². The SMILES string of the molecule is Cc1ccc(S(=O)(=O)NC2CCCC2CN)cc1Cl. The Hall–Kier alpha value is -0.620. The molecule has 3 N–H and O–H groups in total. The van der Waals surface area contributed by atoms with Crippen molar-refractivity contribution in [2.45, 2.75) is 37.1 Å². The first kappa shape index (κ1) is 14.8. The first-order valence-electron chi connectivity index (χ1n) is 6.42. The summed E-state index contributed by atoms with van der Waals surface area (Å²) in [6.45, 7) is 2.36. The van der Waals surface area contributed by atoms with E-state index in [4.69, 9.17) is 17.3 Å². The third-order valence-corrected chi connectivity index (χ3v) is 5.62. The second-order valence-electron chi connectivity index (χ2n) is 5.07. The Morgan fingerprint density at radius 3 is 2.79 bits per heavy atom. The maximum absolute atomic E-state index is 12.3. The Kier molecular flexibility index (Phi) is 4.50. The van der Waals surface area contributed by atoms with E-state index in [1.807, 2.05) is 6.92 Å². The predicted molar refractivity (Wildman–Crippen MR) is 76.7 cm³/mol. The van der Waals surface area contributed by atoms with Crippen LogP contribution in [0.1, 0.15) is 24.8 Å². The molecule has 0 saturated heterocycles. The van der Waals surface area contributed by atoms with Gasteiger partial charge in [0.2, 0.25) is 10.0 Å². The molecule has 0 heterocycles. The van der Waals surface area contributed by atoms with Gasteiger partial charge in [-0.2, -0.15) is 0 Å². The zero-order chi connectivity index (χ0) is 14.0. The highest BCUT2D eigenvalue weighted by Crippen LogP contribution is 2.27. The fourth-order valence-electron chi connectivity index (χ4n) is 2.48. The Labute approximate surface area is 119 Å². The summed E-state index contributed by atoms with van der Waals surface area (Å²) in [5.74, 6) is 0.232. The molecule has 0 aromatic heterocycles. The number of nitrogens with one attached hydrogen (secondary N) is 1. The van der Waals surface area contributed by atoms with Crippen LogP contribution >= 0.6 is 11.6 Å². The first-order chi connectivity index (χ1) is 8.94. The standard InChI is InChI=1S/C13H19ClN2O2S/c1-9-5-6-11(7-12(9)14)19(17,18)16-13-4-2-3-10(13)8-15/h5-7,10,13,16H,2-4,8,15H2,1H3. The Bertz CT molecular complexity index is 560. The van der Waals surface area contributed by atoms with Crippen LogP contribution in [0.25, 0.3) is 0 Å². The molecule has 0 amide bonds. The highest BCUT2D eigenvalue weighted by atomic mass is 35.5. The molecule has 2 unspecified atom stereocenters. The molecule has 19 heavy (non-hydrogen) atoms. The fourth-order valence-corrected chi connectivity index (χ4v) is 4.09. The number of nitrogens with two attached hydrogens (primary N) is 1. The van der Waals surface area contributed by atoms with E-state index in [0.29, 0.717) is 11.6 Å². The van der Waals surface area contributed by atoms with Crippen molar-refractivity contribution < 1.29 is 8.42 Å². The minimum atomic E-state index is -3.52. The molecule has 4 nitrogen and oxygen atoms in total. The van der Waals surface area contributed by atoms with E-state index in [0.717, 1.165) is 24.8 Å². The number of sulfonamides is 1. The van der Waals surface area contributed by atoms with Gasteiger partial charge in [-0.05, 0) is 49.9 Å². The molecule has 2 atom stereocenters. The van der Waals surface area contributed by atoms with Crippen LogP contribution in [0.2, 0.25) is 5.02 Å². The molecule has 0 radical (unpaired) electrons. The van der Waals surface area contributed by atoms with Crippen molar-refractivity contribution in [2.24, 2.45) is 11.7 Å². The number of hydrogen-bond donors (Lipinski definition) is 2. The van der Waals surface area contributed by atoms with Crippen LogP contribution < -0.4 is 10.5 Å². The van der Waals surface area contributed by atoms with Crippen molar-refractivity contribution in [1.29, 1.82) is 0 Å². The zero-order valence-electron chi connectivity index (χ0n) is 10.9. The highest BCUT2D eigenvalue weighted by Gasteiger charge is 2.30. The molecule has 0 spiro atoms. The van der Waals surface area contributed by atoms with Crippen LogP contribution in [0, 0.1) is 12.8 Å². The van der Waals surface area contributed by atoms with E-state index in [9.17, 15) is 8.42 Å². The Balaban J connectivity index is 2.20. The van der Waals surface area contributed by atoms with E-state index in [1.54, 1.807) is 12.1 Å². The van der Waals surface area contributed by atoms with Gasteiger partial charge >= 0.3 is 0 Å². The van der Waals surface area contributed by atoms with E-state index in [2.05, 4.69) is 4.72 Å². The maximum Gasteiger partial charge on any atom is 0.240 e. The molecule has 1 saturated carbocycles. The van der Waals surface area contributed by atoms with Crippen LogP contribution in [0.5, 0.6) is 0 Å². The van der Waals surface area contributed by atoms with Crippen LogP contribution in [0.4, 0.5) is 0 Å². The van der Waals surface area contributed by atoms with E-state index in [1.165, 1.54) is 6.07 Å². The van der Waals surface area contributed by atoms with Crippen molar-refractivity contribution in [3.8, 4) is 0 Å². The van der Waals surface area contributed by atoms with Gasteiger partial charge in [0.25, 0.3) is 0 Å². The lowest BCUT2D eigenvalue weighted by molar-refractivity contribution is 0.453. The lowest BCUT2D eigenvalue weighted by Crippen LogP contribution is -2.39. The summed E-state index contributed by atoms with van der Waals surface area (Å²) in [5.41, 5.74) is 6.53. The average Bonchev–Trinajstić information content (AvgIpc) is 2.79. The van der Waals surface area contributed by atoms with Crippen LogP contribution in [-0.4, -0.2) is 21.0 Å². The molecule has 1 aromatic carbocycles. The average molecular weight is 303 g/mol. The minimum Gasteiger partial charge on any atom is -0.330 e. The molecule has 6 heteroatoms. The van der Waals surface area contributed by atoms with Gasteiger partial charge in [-0.1, -0.05) is 24.1 Å².